The van der Waals surface area contributed by atoms with Crippen molar-refractivity contribution in [2.24, 2.45) is 11.8 Å². The van der Waals surface area contributed by atoms with Crippen molar-refractivity contribution in [3.8, 4) is 0 Å². The Balaban J connectivity index is 1.46. The molecule has 0 spiro atoms. The Hall–Kier alpha value is -1.43. The summed E-state index contributed by atoms with van der Waals surface area (Å²) in [5.74, 6) is 0.861. The van der Waals surface area contributed by atoms with E-state index in [2.05, 4.69) is 10.4 Å². The Morgan fingerprint density at radius 1 is 1.33 bits per heavy atom. The molecular formula is C18H25N3O2S. The molecule has 4 rings (SSSR count). The third-order valence-corrected chi connectivity index (χ3v) is 6.51. The van der Waals surface area contributed by atoms with Gasteiger partial charge < -0.3 is 9.80 Å². The molecule has 2 amide bonds. The molecule has 2 saturated heterocycles. The van der Waals surface area contributed by atoms with Crippen molar-refractivity contribution >= 4 is 23.2 Å². The van der Waals surface area contributed by atoms with Crippen LogP contribution >= 0.6 is 11.3 Å². The molecule has 2 aliphatic heterocycles. The van der Waals surface area contributed by atoms with Gasteiger partial charge in [-0.25, -0.2) is 4.98 Å². The molecule has 0 N–H and O–H groups in total. The molecule has 1 aliphatic carbocycles. The molecule has 2 atom stereocenters. The maximum atomic E-state index is 13.1. The van der Waals surface area contributed by atoms with E-state index in [1.807, 2.05) is 16.7 Å². The number of rotatable bonds is 4. The zero-order valence-corrected chi connectivity index (χ0v) is 15.1. The van der Waals surface area contributed by atoms with Gasteiger partial charge in [0.05, 0.1) is 12.0 Å². The Morgan fingerprint density at radius 3 is 2.88 bits per heavy atom. The Kier molecular flexibility index (Phi) is 4.33. The molecule has 1 aromatic heterocycles. The summed E-state index contributed by atoms with van der Waals surface area (Å²) < 4.78 is 0. The van der Waals surface area contributed by atoms with Crippen LogP contribution in [0.15, 0.2) is 5.38 Å². The van der Waals surface area contributed by atoms with Crippen molar-refractivity contribution in [3.63, 3.8) is 0 Å². The summed E-state index contributed by atoms with van der Waals surface area (Å²) in [6.45, 7) is 4.28. The van der Waals surface area contributed by atoms with Crippen LogP contribution in [0.25, 0.3) is 0 Å². The lowest BCUT2D eigenvalue weighted by molar-refractivity contribution is -0.139. The van der Waals surface area contributed by atoms with E-state index >= 15 is 0 Å². The molecule has 5 nitrogen and oxygen atoms in total. The number of aryl methyl sites for hydroxylation is 1. The fraction of sp³-hybridized carbons (Fsp3) is 0.722. The minimum Gasteiger partial charge on any atom is -0.342 e. The lowest BCUT2D eigenvalue weighted by Crippen LogP contribution is -2.42. The van der Waals surface area contributed by atoms with Gasteiger partial charge >= 0.3 is 0 Å². The van der Waals surface area contributed by atoms with Crippen LogP contribution in [-0.4, -0.2) is 46.2 Å². The average molecular weight is 347 g/mol. The molecule has 3 fully saturated rings. The van der Waals surface area contributed by atoms with Crippen molar-refractivity contribution in [1.82, 2.24) is 14.8 Å². The van der Waals surface area contributed by atoms with Gasteiger partial charge in [-0.2, -0.15) is 0 Å². The van der Waals surface area contributed by atoms with Gasteiger partial charge in [0.2, 0.25) is 11.8 Å². The highest BCUT2D eigenvalue weighted by Crippen LogP contribution is 2.36. The van der Waals surface area contributed by atoms with Crippen LogP contribution in [0.5, 0.6) is 0 Å². The van der Waals surface area contributed by atoms with Crippen molar-refractivity contribution in [2.75, 3.05) is 19.6 Å². The van der Waals surface area contributed by atoms with E-state index in [0.717, 1.165) is 43.1 Å². The number of thiazole rings is 1. The van der Waals surface area contributed by atoms with Crippen molar-refractivity contribution in [3.05, 3.63) is 16.1 Å². The lowest BCUT2D eigenvalue weighted by atomic mass is 9.99. The Labute approximate surface area is 147 Å². The smallest absolute Gasteiger partial charge is 0.228 e. The summed E-state index contributed by atoms with van der Waals surface area (Å²) in [6, 6.07) is 0.109. The third kappa shape index (κ3) is 3.21. The minimum atomic E-state index is -0.155. The van der Waals surface area contributed by atoms with Crippen LogP contribution in [0, 0.1) is 18.8 Å². The van der Waals surface area contributed by atoms with Gasteiger partial charge in [-0.05, 0) is 44.9 Å². The predicted octanol–water partition coefficient (Wildman–Crippen LogP) is 2.76. The number of aromatic nitrogens is 1. The van der Waals surface area contributed by atoms with E-state index in [4.69, 9.17) is 0 Å². The highest BCUT2D eigenvalue weighted by Gasteiger charge is 2.41. The average Bonchev–Trinajstić information content (AvgIpc) is 3.18. The molecule has 0 bridgehead atoms. The first kappa shape index (κ1) is 16.1. The minimum absolute atomic E-state index is 0.109. The summed E-state index contributed by atoms with van der Waals surface area (Å²) in [5.41, 5.74) is 1.03. The summed E-state index contributed by atoms with van der Waals surface area (Å²) in [5, 5.41) is 3.11. The standard InChI is InChI=1S/C18H25N3O2S/c1-12-11-24-17(19-12)15-4-2-3-7-21(15)18(23)14-8-16(22)20(10-14)9-13-5-6-13/h11,13-15H,2-10H2,1H3. The topological polar surface area (TPSA) is 53.5 Å². The van der Waals surface area contributed by atoms with E-state index in [1.54, 1.807) is 11.3 Å². The number of likely N-dealkylation sites (tertiary alicyclic amines) is 2. The molecule has 3 aliphatic rings. The number of piperidine rings is 1. The molecule has 3 heterocycles. The molecule has 0 radical (unpaired) electrons. The molecule has 130 valence electrons. The molecule has 1 aromatic rings. The third-order valence-electron chi connectivity index (χ3n) is 5.45. The quantitative estimate of drug-likeness (QED) is 0.841. The lowest BCUT2D eigenvalue weighted by Gasteiger charge is -2.36. The number of hydrogen-bond acceptors (Lipinski definition) is 4. The largest absolute Gasteiger partial charge is 0.342 e. The Morgan fingerprint density at radius 2 is 2.17 bits per heavy atom. The maximum absolute atomic E-state index is 13.1. The van der Waals surface area contributed by atoms with E-state index in [0.29, 0.717) is 18.9 Å². The van der Waals surface area contributed by atoms with Gasteiger partial charge in [-0.15, -0.1) is 11.3 Å². The summed E-state index contributed by atoms with van der Waals surface area (Å²) in [6.07, 6.45) is 6.06. The fourth-order valence-electron chi connectivity index (χ4n) is 3.94. The first-order valence-electron chi connectivity index (χ1n) is 9.12. The first-order valence-corrected chi connectivity index (χ1v) is 10.00. The number of hydrogen-bond donors (Lipinski definition) is 0. The van der Waals surface area contributed by atoms with E-state index < -0.39 is 0 Å². The fourth-order valence-corrected chi connectivity index (χ4v) is 4.88. The van der Waals surface area contributed by atoms with Crippen molar-refractivity contribution in [1.29, 1.82) is 0 Å². The highest BCUT2D eigenvalue weighted by atomic mass is 32.1. The number of carbonyl (C=O) groups excluding carboxylic acids is 2. The van der Waals surface area contributed by atoms with Crippen LogP contribution in [0.1, 0.15) is 55.3 Å². The van der Waals surface area contributed by atoms with Crippen LogP contribution < -0.4 is 0 Å². The monoisotopic (exact) mass is 347 g/mol. The van der Waals surface area contributed by atoms with E-state index in [1.165, 1.54) is 12.8 Å². The number of amides is 2. The summed E-state index contributed by atoms with van der Waals surface area (Å²) >= 11 is 1.66. The van der Waals surface area contributed by atoms with Gasteiger partial charge in [0, 0.05) is 37.1 Å². The summed E-state index contributed by atoms with van der Waals surface area (Å²) in [4.78, 5) is 33.9. The predicted molar refractivity (Wildman–Crippen MR) is 92.6 cm³/mol. The molecular weight excluding hydrogens is 322 g/mol. The zero-order valence-electron chi connectivity index (χ0n) is 14.2. The van der Waals surface area contributed by atoms with Gasteiger partial charge in [0.1, 0.15) is 5.01 Å². The SMILES string of the molecule is Cc1csc(C2CCCCN2C(=O)C2CC(=O)N(CC3CC3)C2)n1. The van der Waals surface area contributed by atoms with E-state index in [9.17, 15) is 9.59 Å². The van der Waals surface area contributed by atoms with Crippen LogP contribution in [0.3, 0.4) is 0 Å². The van der Waals surface area contributed by atoms with E-state index in [-0.39, 0.29) is 23.8 Å². The molecule has 0 aromatic carbocycles. The highest BCUT2D eigenvalue weighted by molar-refractivity contribution is 7.09. The second-order valence-electron chi connectivity index (χ2n) is 7.51. The number of nitrogens with zero attached hydrogens (tertiary/aromatic N) is 3. The molecule has 1 saturated carbocycles. The van der Waals surface area contributed by atoms with Gasteiger partial charge in [-0.3, -0.25) is 9.59 Å². The van der Waals surface area contributed by atoms with Crippen LogP contribution in [0.4, 0.5) is 0 Å². The van der Waals surface area contributed by atoms with Crippen LogP contribution in [-0.2, 0) is 9.59 Å². The van der Waals surface area contributed by atoms with Crippen LogP contribution in [0.2, 0.25) is 0 Å². The normalized spacial score (nSPS) is 27.8. The Bertz CT molecular complexity index is 640. The number of carbonyl (C=O) groups is 2. The zero-order chi connectivity index (χ0) is 16.7. The van der Waals surface area contributed by atoms with Crippen molar-refractivity contribution < 1.29 is 9.59 Å². The maximum Gasteiger partial charge on any atom is 0.228 e. The molecule has 24 heavy (non-hydrogen) atoms. The first-order chi connectivity index (χ1) is 11.6. The van der Waals surface area contributed by atoms with Gasteiger partial charge in [0.15, 0.2) is 0 Å². The second kappa shape index (κ2) is 6.47. The molecule has 6 heteroatoms. The van der Waals surface area contributed by atoms with Gasteiger partial charge in [-0.1, -0.05) is 0 Å². The van der Waals surface area contributed by atoms with Crippen molar-refractivity contribution in [2.45, 2.75) is 51.5 Å². The second-order valence-corrected chi connectivity index (χ2v) is 8.40. The molecule has 2 unspecified atom stereocenters. The summed E-state index contributed by atoms with van der Waals surface area (Å²) in [7, 11) is 0. The van der Waals surface area contributed by atoms with Gasteiger partial charge in [0.25, 0.3) is 0 Å².